The van der Waals surface area contributed by atoms with Crippen LogP contribution < -0.4 is 11.1 Å². The number of nitrogens with two attached hydrogens (primary N) is 1. The van der Waals surface area contributed by atoms with Crippen LogP contribution in [0.1, 0.15) is 32.3 Å². The van der Waals surface area contributed by atoms with Gasteiger partial charge in [0.25, 0.3) is 0 Å². The van der Waals surface area contributed by atoms with Crippen LogP contribution in [0, 0.1) is 5.82 Å². The maximum absolute atomic E-state index is 13.5. The number of nitrogens with zero attached hydrogens (tertiary/aromatic N) is 4. The van der Waals surface area contributed by atoms with Crippen LogP contribution in [0.2, 0.25) is 5.02 Å². The van der Waals surface area contributed by atoms with Crippen molar-refractivity contribution in [1.82, 2.24) is 19.8 Å². The van der Waals surface area contributed by atoms with Crippen molar-refractivity contribution in [3.8, 4) is 0 Å². The molecule has 0 amide bonds. The third kappa shape index (κ3) is 4.37. The van der Waals surface area contributed by atoms with Crippen LogP contribution in [0.4, 0.5) is 21.6 Å². The number of aromatic nitrogens is 2. The van der Waals surface area contributed by atoms with E-state index < -0.39 is 5.82 Å². The fourth-order valence-electron chi connectivity index (χ4n) is 4.36. The van der Waals surface area contributed by atoms with Gasteiger partial charge in [-0.1, -0.05) is 18.5 Å². The molecule has 3 aromatic rings. The zero-order valence-electron chi connectivity index (χ0n) is 19.0. The fourth-order valence-corrected chi connectivity index (χ4v) is 4.54. The SMILES string of the molecule is CC(c1cc2ncnc(Nc3ccc(F)c(Cl)c3)c2cc1N)C(C)(C)N1CCN(C)CC1. The largest absolute Gasteiger partial charge is 0.398 e. The number of rotatable bonds is 5. The van der Waals surface area contributed by atoms with E-state index in [1.807, 2.05) is 6.07 Å². The Morgan fingerprint density at radius 1 is 1.12 bits per heavy atom. The van der Waals surface area contributed by atoms with Gasteiger partial charge in [-0.05, 0) is 56.8 Å². The van der Waals surface area contributed by atoms with Crippen LogP contribution in [0.15, 0.2) is 36.7 Å². The number of hydrogen-bond acceptors (Lipinski definition) is 6. The van der Waals surface area contributed by atoms with E-state index in [1.54, 1.807) is 6.07 Å². The predicted octanol–water partition coefficient (Wildman–Crippen LogP) is 4.88. The lowest BCUT2D eigenvalue weighted by molar-refractivity contribution is 0.0479. The number of likely N-dealkylation sites (N-methyl/N-ethyl adjacent to an activating group) is 1. The molecule has 0 radical (unpaired) electrons. The minimum absolute atomic E-state index is 0.0510. The Kier molecular flexibility index (Phi) is 6.25. The van der Waals surface area contributed by atoms with Gasteiger partial charge in [-0.15, -0.1) is 0 Å². The number of halogens is 2. The minimum Gasteiger partial charge on any atom is -0.398 e. The lowest BCUT2D eigenvalue weighted by Gasteiger charge is -2.47. The van der Waals surface area contributed by atoms with Crippen molar-refractivity contribution >= 4 is 39.7 Å². The maximum atomic E-state index is 13.5. The molecule has 0 aliphatic carbocycles. The fraction of sp³-hybridized carbons (Fsp3) is 0.417. The minimum atomic E-state index is -0.462. The van der Waals surface area contributed by atoms with E-state index in [0.717, 1.165) is 42.6 Å². The number of anilines is 3. The van der Waals surface area contributed by atoms with Crippen molar-refractivity contribution in [2.45, 2.75) is 32.2 Å². The molecule has 2 aromatic carbocycles. The van der Waals surface area contributed by atoms with Gasteiger partial charge in [-0.3, -0.25) is 4.90 Å². The molecule has 32 heavy (non-hydrogen) atoms. The second-order valence-corrected chi connectivity index (χ2v) is 9.55. The zero-order valence-corrected chi connectivity index (χ0v) is 19.7. The van der Waals surface area contributed by atoms with Crippen molar-refractivity contribution < 1.29 is 4.39 Å². The Balaban J connectivity index is 1.66. The Hall–Kier alpha value is -2.48. The van der Waals surface area contributed by atoms with E-state index in [1.165, 1.54) is 18.5 Å². The van der Waals surface area contributed by atoms with Gasteiger partial charge in [-0.25, -0.2) is 14.4 Å². The summed E-state index contributed by atoms with van der Waals surface area (Å²) in [6, 6.07) is 8.46. The van der Waals surface area contributed by atoms with Crippen molar-refractivity contribution in [3.63, 3.8) is 0 Å². The number of nitrogen functional groups attached to an aromatic ring is 1. The van der Waals surface area contributed by atoms with Crippen LogP contribution in [0.3, 0.4) is 0 Å². The number of benzene rings is 2. The Morgan fingerprint density at radius 2 is 1.84 bits per heavy atom. The zero-order chi connectivity index (χ0) is 23.0. The Morgan fingerprint density at radius 3 is 2.53 bits per heavy atom. The molecular weight excluding hydrogens is 427 g/mol. The summed E-state index contributed by atoms with van der Waals surface area (Å²) < 4.78 is 13.5. The third-order valence-corrected chi connectivity index (χ3v) is 7.16. The quantitative estimate of drug-likeness (QED) is 0.533. The van der Waals surface area contributed by atoms with Gasteiger partial charge in [0, 0.05) is 54.4 Å². The molecule has 0 bridgehead atoms. The van der Waals surface area contributed by atoms with Gasteiger partial charge in [0.05, 0.1) is 10.5 Å². The maximum Gasteiger partial charge on any atom is 0.141 e. The van der Waals surface area contributed by atoms with E-state index in [2.05, 4.69) is 59.0 Å². The summed E-state index contributed by atoms with van der Waals surface area (Å²) in [5, 5.41) is 4.06. The molecular formula is C24H30ClFN6. The highest BCUT2D eigenvalue weighted by molar-refractivity contribution is 6.31. The first-order valence-corrected chi connectivity index (χ1v) is 11.2. The highest BCUT2D eigenvalue weighted by Gasteiger charge is 2.36. The van der Waals surface area contributed by atoms with E-state index in [9.17, 15) is 4.39 Å². The summed E-state index contributed by atoms with van der Waals surface area (Å²) in [4.78, 5) is 13.8. The van der Waals surface area contributed by atoms with E-state index in [4.69, 9.17) is 17.3 Å². The molecule has 1 aromatic heterocycles. The van der Waals surface area contributed by atoms with E-state index in [-0.39, 0.29) is 16.5 Å². The second kappa shape index (κ2) is 8.81. The monoisotopic (exact) mass is 456 g/mol. The standard InChI is InChI=1S/C24H30ClFN6/c1-15(24(2,3)32-9-7-31(4)8-10-32)17-13-22-18(12-21(17)27)23(29-14-28-22)30-16-5-6-20(26)19(25)11-16/h5-6,11-15H,7-10,27H2,1-4H3,(H,28,29,30). The van der Waals surface area contributed by atoms with Gasteiger partial charge >= 0.3 is 0 Å². The highest BCUT2D eigenvalue weighted by Crippen LogP contribution is 2.38. The van der Waals surface area contributed by atoms with Crippen LogP contribution in [-0.2, 0) is 0 Å². The van der Waals surface area contributed by atoms with Crippen molar-refractivity contribution in [1.29, 1.82) is 0 Å². The highest BCUT2D eigenvalue weighted by atomic mass is 35.5. The molecule has 1 saturated heterocycles. The van der Waals surface area contributed by atoms with Gasteiger partial charge in [0.15, 0.2) is 0 Å². The van der Waals surface area contributed by atoms with Gasteiger partial charge in [0.2, 0.25) is 0 Å². The summed E-state index contributed by atoms with van der Waals surface area (Å²) in [6.45, 7) is 11.0. The lowest BCUT2D eigenvalue weighted by Crippen LogP contribution is -2.55. The van der Waals surface area contributed by atoms with Crippen molar-refractivity contribution in [3.05, 3.63) is 53.1 Å². The Bertz CT molecular complexity index is 1130. The summed E-state index contributed by atoms with van der Waals surface area (Å²) in [6.07, 6.45) is 1.52. The average molecular weight is 457 g/mol. The normalized spacial score (nSPS) is 16.9. The number of hydrogen-bond donors (Lipinski definition) is 2. The molecule has 3 N–H and O–H groups in total. The number of piperazine rings is 1. The van der Waals surface area contributed by atoms with Gasteiger partial charge in [0.1, 0.15) is 18.0 Å². The lowest BCUT2D eigenvalue weighted by atomic mass is 9.80. The molecule has 1 unspecified atom stereocenters. The molecule has 4 rings (SSSR count). The number of nitrogens with one attached hydrogen (secondary N) is 1. The number of fused-ring (bicyclic) bond motifs is 1. The van der Waals surface area contributed by atoms with Crippen molar-refractivity contribution in [2.24, 2.45) is 0 Å². The summed E-state index contributed by atoms with van der Waals surface area (Å²) >= 11 is 5.92. The first-order chi connectivity index (χ1) is 15.2. The molecule has 2 heterocycles. The summed E-state index contributed by atoms with van der Waals surface area (Å²) in [5.41, 5.74) is 9.75. The first kappa shape index (κ1) is 22.7. The van der Waals surface area contributed by atoms with Crippen LogP contribution >= 0.6 is 11.6 Å². The van der Waals surface area contributed by atoms with Crippen LogP contribution in [0.25, 0.3) is 10.9 Å². The summed E-state index contributed by atoms with van der Waals surface area (Å²) in [5.74, 6) is 0.343. The topological polar surface area (TPSA) is 70.3 Å². The van der Waals surface area contributed by atoms with Crippen LogP contribution in [-0.4, -0.2) is 58.5 Å². The van der Waals surface area contributed by atoms with Gasteiger partial charge < -0.3 is 16.0 Å². The van der Waals surface area contributed by atoms with Crippen molar-refractivity contribution in [2.75, 3.05) is 44.3 Å². The van der Waals surface area contributed by atoms with E-state index >= 15 is 0 Å². The third-order valence-electron chi connectivity index (χ3n) is 6.87. The average Bonchev–Trinajstić information content (AvgIpc) is 2.76. The second-order valence-electron chi connectivity index (χ2n) is 9.14. The molecule has 8 heteroatoms. The molecule has 1 fully saturated rings. The first-order valence-electron chi connectivity index (χ1n) is 10.9. The molecule has 1 aliphatic rings. The van der Waals surface area contributed by atoms with E-state index in [0.29, 0.717) is 17.2 Å². The molecule has 6 nitrogen and oxygen atoms in total. The predicted molar refractivity (Wildman–Crippen MR) is 130 cm³/mol. The summed E-state index contributed by atoms with van der Waals surface area (Å²) in [7, 11) is 2.17. The Labute approximate surface area is 193 Å². The smallest absolute Gasteiger partial charge is 0.141 e. The molecule has 0 saturated carbocycles. The molecule has 1 aliphatic heterocycles. The molecule has 1 atom stereocenters. The van der Waals surface area contributed by atoms with Crippen LogP contribution in [0.5, 0.6) is 0 Å². The van der Waals surface area contributed by atoms with Gasteiger partial charge in [-0.2, -0.15) is 0 Å². The molecule has 170 valence electrons. The molecule has 0 spiro atoms.